The van der Waals surface area contributed by atoms with E-state index < -0.39 is 7.86 Å². The molecule has 2 N–H and O–H groups in total. The van der Waals surface area contributed by atoms with E-state index >= 15 is 0 Å². The van der Waals surface area contributed by atoms with Gasteiger partial charge in [-0.15, -0.1) is 0 Å². The molecule has 12 heteroatoms. The second-order valence-corrected chi connectivity index (χ2v) is 8.41. The summed E-state index contributed by atoms with van der Waals surface area (Å²) in [5.41, 5.74) is 1.10. The van der Waals surface area contributed by atoms with Gasteiger partial charge in [0.2, 0.25) is 0 Å². The van der Waals surface area contributed by atoms with Gasteiger partial charge in [0.05, 0.1) is 11.1 Å². The lowest BCUT2D eigenvalue weighted by Gasteiger charge is -2.13. The van der Waals surface area contributed by atoms with Gasteiger partial charge in [0.15, 0.2) is 0 Å². The molecular formula is C18H18F4I2N4O2. The van der Waals surface area contributed by atoms with Crippen LogP contribution in [0.5, 0.6) is 0 Å². The molecule has 2 aromatic rings. The fourth-order valence-corrected chi connectivity index (χ4v) is 1.85. The summed E-state index contributed by atoms with van der Waals surface area (Å²) in [5, 5.41) is 5.63. The second kappa shape index (κ2) is 13.0. The van der Waals surface area contributed by atoms with Crippen molar-refractivity contribution in [2.45, 2.75) is 20.7 Å². The quantitative estimate of drug-likeness (QED) is 0.191. The number of carbonyl (C=O) groups is 2. The van der Waals surface area contributed by atoms with Crippen molar-refractivity contribution >= 4 is 57.0 Å². The highest BCUT2D eigenvalue weighted by molar-refractivity contribution is 14.1. The van der Waals surface area contributed by atoms with Gasteiger partial charge in [-0.25, -0.2) is 0 Å². The summed E-state index contributed by atoms with van der Waals surface area (Å²) in [7, 11) is 0. The number of alkyl halides is 6. The lowest BCUT2D eigenvalue weighted by Crippen LogP contribution is -2.27. The molecule has 2 aromatic heterocycles. The number of amides is 2. The fourth-order valence-electron chi connectivity index (χ4n) is 1.85. The Bertz CT molecular complexity index is 721. The molecular weight excluding hydrogens is 634 g/mol. The van der Waals surface area contributed by atoms with Crippen molar-refractivity contribution in [2.75, 3.05) is 13.1 Å². The molecule has 0 saturated heterocycles. The maximum absolute atomic E-state index is 11.7. The van der Waals surface area contributed by atoms with Gasteiger partial charge in [-0.2, -0.15) is 17.6 Å². The lowest BCUT2D eigenvalue weighted by atomic mass is 10.2. The van der Waals surface area contributed by atoms with E-state index in [0.29, 0.717) is 69.4 Å². The highest BCUT2D eigenvalue weighted by Crippen LogP contribution is 2.44. The van der Waals surface area contributed by atoms with Crippen LogP contribution in [0, 0.1) is 0 Å². The topological polar surface area (TPSA) is 84.0 Å². The van der Waals surface area contributed by atoms with Gasteiger partial charge in [-0.3, -0.25) is 19.6 Å². The molecule has 30 heavy (non-hydrogen) atoms. The minimum absolute atomic E-state index is 0.132. The smallest absolute Gasteiger partial charge is 0.352 e. The Morgan fingerprint density at radius 2 is 1.17 bits per heavy atom. The van der Waals surface area contributed by atoms with Gasteiger partial charge in [-0.05, 0) is 37.1 Å². The Kier molecular flexibility index (Phi) is 11.4. The van der Waals surface area contributed by atoms with E-state index in [2.05, 4.69) is 20.6 Å². The van der Waals surface area contributed by atoms with Crippen LogP contribution >= 0.6 is 45.2 Å². The van der Waals surface area contributed by atoms with Crippen molar-refractivity contribution in [2.24, 2.45) is 0 Å². The largest absolute Gasteiger partial charge is 0.367 e. The maximum Gasteiger partial charge on any atom is 0.367 e. The van der Waals surface area contributed by atoms with Crippen molar-refractivity contribution in [3.8, 4) is 0 Å². The molecule has 0 atom stereocenters. The Morgan fingerprint density at radius 3 is 1.43 bits per heavy atom. The van der Waals surface area contributed by atoms with E-state index in [9.17, 15) is 27.2 Å². The van der Waals surface area contributed by atoms with Gasteiger partial charge in [0.25, 0.3) is 11.8 Å². The van der Waals surface area contributed by atoms with Crippen molar-refractivity contribution in [1.29, 1.82) is 0 Å². The number of hydrogen-bond donors (Lipinski definition) is 2. The first-order valence-electron chi connectivity index (χ1n) is 8.52. The van der Waals surface area contributed by atoms with Gasteiger partial charge in [0, 0.05) is 83.1 Å². The van der Waals surface area contributed by atoms with Crippen molar-refractivity contribution < 1.29 is 27.2 Å². The summed E-state index contributed by atoms with van der Waals surface area (Å²) < 4.78 is 38.0. The Labute approximate surface area is 197 Å². The third kappa shape index (κ3) is 10.4. The predicted octanol–water partition coefficient (Wildman–Crippen LogP) is 4.46. The van der Waals surface area contributed by atoms with Gasteiger partial charge in [0.1, 0.15) is 0 Å². The summed E-state index contributed by atoms with van der Waals surface area (Å²) in [4.78, 5) is 31.3. The SMILES string of the molecule is FC(F)(I)C(F)(F)I.O=C(NCCCCNC(=O)c1cccnc1)c1cccnc1. The van der Waals surface area contributed by atoms with Crippen LogP contribution in [0.15, 0.2) is 49.1 Å². The lowest BCUT2D eigenvalue weighted by molar-refractivity contribution is -0.0561. The standard InChI is InChI=1S/C16H18N4O2.C2F4I2/c21-15(13-5-3-7-17-11-13)19-9-1-2-10-20-16(22)14-6-4-8-18-12-14;3-1(4,7)2(5,6)8/h3-8,11-12H,1-2,9-10H2,(H,19,21)(H,20,22);. The summed E-state index contributed by atoms with van der Waals surface area (Å²) in [5.74, 6) is -0.264. The highest BCUT2D eigenvalue weighted by Gasteiger charge is 2.51. The summed E-state index contributed by atoms with van der Waals surface area (Å²) in [6.45, 7) is 1.13. The molecule has 0 aliphatic heterocycles. The molecule has 0 aromatic carbocycles. The third-order valence-corrected chi connectivity index (χ3v) is 5.73. The fraction of sp³-hybridized carbons (Fsp3) is 0.333. The zero-order chi connectivity index (χ0) is 22.6. The number of pyridine rings is 2. The van der Waals surface area contributed by atoms with Gasteiger partial charge < -0.3 is 10.6 Å². The zero-order valence-corrected chi connectivity index (χ0v) is 19.7. The second-order valence-electron chi connectivity index (χ2n) is 5.70. The molecule has 0 radical (unpaired) electrons. The van der Waals surface area contributed by atoms with Crippen LogP contribution in [0.3, 0.4) is 0 Å². The number of nitrogens with one attached hydrogen (secondary N) is 2. The average molecular weight is 652 g/mol. The number of halogens is 6. The molecule has 0 unspecified atom stereocenters. The first-order valence-corrected chi connectivity index (χ1v) is 10.7. The van der Waals surface area contributed by atoms with Crippen LogP contribution in [0.1, 0.15) is 33.6 Å². The molecule has 164 valence electrons. The van der Waals surface area contributed by atoms with Gasteiger partial charge >= 0.3 is 7.86 Å². The van der Waals surface area contributed by atoms with Gasteiger partial charge in [-0.1, -0.05) is 0 Å². The Morgan fingerprint density at radius 1 is 0.800 bits per heavy atom. The van der Waals surface area contributed by atoms with Crippen LogP contribution in [0.25, 0.3) is 0 Å². The van der Waals surface area contributed by atoms with E-state index in [1.165, 1.54) is 12.4 Å². The van der Waals surface area contributed by atoms with E-state index in [-0.39, 0.29) is 11.8 Å². The summed E-state index contributed by atoms with van der Waals surface area (Å²) >= 11 is 0.785. The molecule has 2 heterocycles. The normalized spacial score (nSPS) is 11.1. The molecule has 0 aliphatic carbocycles. The number of carbonyl (C=O) groups excluding carboxylic acids is 2. The molecule has 6 nitrogen and oxygen atoms in total. The summed E-state index contributed by atoms with van der Waals surface area (Å²) in [6, 6.07) is 6.89. The van der Waals surface area contributed by atoms with E-state index in [1.54, 1.807) is 36.7 Å². The predicted molar refractivity (Wildman–Crippen MR) is 120 cm³/mol. The first kappa shape index (κ1) is 26.5. The number of rotatable bonds is 8. The molecule has 2 rings (SSSR count). The molecule has 0 bridgehead atoms. The van der Waals surface area contributed by atoms with E-state index in [0.717, 1.165) is 12.8 Å². The monoisotopic (exact) mass is 652 g/mol. The number of nitrogens with zero attached hydrogens (tertiary/aromatic N) is 2. The molecule has 0 aliphatic rings. The molecule has 0 fully saturated rings. The highest BCUT2D eigenvalue weighted by atomic mass is 127. The molecule has 2 amide bonds. The van der Waals surface area contributed by atoms with Crippen molar-refractivity contribution in [3.05, 3.63) is 60.2 Å². The van der Waals surface area contributed by atoms with Crippen LogP contribution in [-0.4, -0.2) is 42.7 Å². The first-order chi connectivity index (χ1) is 14.0. The van der Waals surface area contributed by atoms with Crippen LogP contribution in [0.2, 0.25) is 0 Å². The summed E-state index contributed by atoms with van der Waals surface area (Å²) in [6.07, 6.45) is 7.90. The Hall–Kier alpha value is -1.58. The van der Waals surface area contributed by atoms with Crippen LogP contribution in [0.4, 0.5) is 17.6 Å². The zero-order valence-electron chi connectivity index (χ0n) is 15.4. The van der Waals surface area contributed by atoms with E-state index in [1.807, 2.05) is 0 Å². The number of unbranched alkanes of at least 4 members (excludes halogenated alkanes) is 1. The Balaban J connectivity index is 0.000000479. The number of aromatic nitrogens is 2. The van der Waals surface area contributed by atoms with E-state index in [4.69, 9.17) is 0 Å². The minimum Gasteiger partial charge on any atom is -0.352 e. The van der Waals surface area contributed by atoms with Crippen molar-refractivity contribution in [3.63, 3.8) is 0 Å². The number of hydrogen-bond acceptors (Lipinski definition) is 4. The van der Waals surface area contributed by atoms with Crippen LogP contribution in [-0.2, 0) is 0 Å². The molecule has 0 saturated carbocycles. The molecule has 0 spiro atoms. The van der Waals surface area contributed by atoms with Crippen LogP contribution < -0.4 is 10.6 Å². The van der Waals surface area contributed by atoms with Crippen molar-refractivity contribution in [1.82, 2.24) is 20.6 Å². The maximum atomic E-state index is 11.7. The minimum atomic E-state index is -3.94. The third-order valence-electron chi connectivity index (χ3n) is 3.34. The average Bonchev–Trinajstić information content (AvgIpc) is 2.70.